The van der Waals surface area contributed by atoms with E-state index in [4.69, 9.17) is 4.74 Å². The maximum atomic E-state index is 11.3. The number of nitrogens with zero attached hydrogens (tertiary/aromatic N) is 1. The minimum absolute atomic E-state index is 0.189. The Hall–Kier alpha value is -1.10. The molecule has 0 atom stereocenters. The van der Waals surface area contributed by atoms with Gasteiger partial charge in [0.15, 0.2) is 0 Å². The molecule has 0 bridgehead atoms. The number of hydrogen-bond acceptors (Lipinski definition) is 5. The fourth-order valence-corrected chi connectivity index (χ4v) is 1.19. The summed E-state index contributed by atoms with van der Waals surface area (Å²) in [5, 5.41) is 0. The van der Waals surface area contributed by atoms with Gasteiger partial charge in [-0.2, -0.15) is 0 Å². The highest BCUT2D eigenvalue weighted by Gasteiger charge is 2.22. The molecule has 0 N–H and O–H groups in total. The van der Waals surface area contributed by atoms with E-state index in [0.717, 1.165) is 19.6 Å². The van der Waals surface area contributed by atoms with Crippen molar-refractivity contribution >= 4 is 12.4 Å². The monoisotopic (exact) mass is 229 g/mol. The average molecular weight is 229 g/mol. The summed E-state index contributed by atoms with van der Waals surface area (Å²) < 4.78 is 9.78. The van der Waals surface area contributed by atoms with Crippen LogP contribution < -0.4 is 0 Å². The Morgan fingerprint density at radius 3 is 2.62 bits per heavy atom. The Labute approximate surface area is 95.7 Å². The minimum Gasteiger partial charge on any atom is -0.467 e. The van der Waals surface area contributed by atoms with Crippen LogP contribution in [0, 0.1) is 5.41 Å². The molecule has 1 aliphatic heterocycles. The Balaban J connectivity index is 2.10. The van der Waals surface area contributed by atoms with Crippen LogP contribution >= 0.6 is 0 Å². The lowest BCUT2D eigenvalue weighted by Gasteiger charge is -2.22. The second-order valence-corrected chi connectivity index (χ2v) is 4.82. The van der Waals surface area contributed by atoms with Gasteiger partial charge in [0.1, 0.15) is 0 Å². The second kappa shape index (κ2) is 5.84. The van der Waals surface area contributed by atoms with Gasteiger partial charge in [0.05, 0.1) is 19.6 Å². The molecule has 1 aliphatic rings. The van der Waals surface area contributed by atoms with E-state index in [2.05, 4.69) is 9.64 Å². The standard InChI is InChI=1S/C11H19NO4/c1-11(2,7-15-9-13)8-16-10(14)3-4-12-5-6-12/h9H,3-8H2,1-2H3. The first-order valence-electron chi connectivity index (χ1n) is 5.47. The zero-order valence-electron chi connectivity index (χ0n) is 9.90. The number of carbonyl (C=O) groups is 2. The summed E-state index contributed by atoms with van der Waals surface area (Å²) >= 11 is 0. The molecule has 0 amide bonds. The van der Waals surface area contributed by atoms with Crippen LogP contribution in [-0.4, -0.2) is 50.2 Å². The van der Waals surface area contributed by atoms with Crippen LogP contribution in [0.15, 0.2) is 0 Å². The van der Waals surface area contributed by atoms with Gasteiger partial charge in [0, 0.05) is 25.0 Å². The summed E-state index contributed by atoms with van der Waals surface area (Å²) in [6.07, 6.45) is 0.435. The molecule has 92 valence electrons. The molecular weight excluding hydrogens is 210 g/mol. The molecule has 1 saturated heterocycles. The third kappa shape index (κ3) is 5.70. The van der Waals surface area contributed by atoms with Crippen molar-refractivity contribution in [2.24, 2.45) is 5.41 Å². The molecule has 0 aromatic carbocycles. The van der Waals surface area contributed by atoms with Crippen LogP contribution in [0.2, 0.25) is 0 Å². The van der Waals surface area contributed by atoms with Gasteiger partial charge in [-0.1, -0.05) is 13.8 Å². The molecule has 0 aromatic heterocycles. The predicted molar refractivity (Wildman–Crippen MR) is 57.8 cm³/mol. The van der Waals surface area contributed by atoms with Gasteiger partial charge < -0.3 is 14.4 Å². The summed E-state index contributed by atoms with van der Waals surface area (Å²) in [5.41, 5.74) is -0.323. The zero-order chi connectivity index (χ0) is 12.0. The van der Waals surface area contributed by atoms with E-state index in [9.17, 15) is 9.59 Å². The van der Waals surface area contributed by atoms with E-state index in [1.165, 1.54) is 0 Å². The largest absolute Gasteiger partial charge is 0.467 e. The first-order valence-corrected chi connectivity index (χ1v) is 5.47. The first kappa shape index (κ1) is 13.0. The lowest BCUT2D eigenvalue weighted by atomic mass is 9.96. The molecule has 0 radical (unpaired) electrons. The van der Waals surface area contributed by atoms with Crippen molar-refractivity contribution in [3.63, 3.8) is 0 Å². The Morgan fingerprint density at radius 1 is 1.38 bits per heavy atom. The Morgan fingerprint density at radius 2 is 2.06 bits per heavy atom. The SMILES string of the molecule is CC(C)(COC=O)COC(=O)CCN1CC1. The second-order valence-electron chi connectivity index (χ2n) is 4.82. The molecule has 1 rings (SSSR count). The van der Waals surface area contributed by atoms with Crippen molar-refractivity contribution in [2.75, 3.05) is 32.8 Å². The van der Waals surface area contributed by atoms with Crippen molar-refractivity contribution < 1.29 is 19.1 Å². The number of rotatable bonds is 8. The lowest BCUT2D eigenvalue weighted by Crippen LogP contribution is -2.27. The van der Waals surface area contributed by atoms with E-state index >= 15 is 0 Å². The first-order chi connectivity index (χ1) is 7.53. The van der Waals surface area contributed by atoms with Crippen LogP contribution in [0.1, 0.15) is 20.3 Å². The third-order valence-electron chi connectivity index (χ3n) is 2.34. The maximum Gasteiger partial charge on any atom is 0.307 e. The molecule has 0 aliphatic carbocycles. The van der Waals surface area contributed by atoms with Crippen LogP contribution in [0.4, 0.5) is 0 Å². The van der Waals surface area contributed by atoms with Gasteiger partial charge in [-0.3, -0.25) is 9.59 Å². The van der Waals surface area contributed by atoms with Crippen molar-refractivity contribution in [1.29, 1.82) is 0 Å². The highest BCUT2D eigenvalue weighted by Crippen LogP contribution is 2.16. The zero-order valence-corrected chi connectivity index (χ0v) is 9.90. The van der Waals surface area contributed by atoms with E-state index in [1.54, 1.807) is 0 Å². The van der Waals surface area contributed by atoms with Gasteiger partial charge in [-0.15, -0.1) is 0 Å². The normalized spacial score (nSPS) is 15.6. The van der Waals surface area contributed by atoms with Gasteiger partial charge in [-0.05, 0) is 0 Å². The molecule has 1 heterocycles. The molecule has 1 fully saturated rings. The lowest BCUT2D eigenvalue weighted by molar-refractivity contribution is -0.148. The molecule has 0 spiro atoms. The molecule has 0 unspecified atom stereocenters. The molecule has 0 aromatic rings. The number of ether oxygens (including phenoxy) is 2. The van der Waals surface area contributed by atoms with Crippen LogP contribution in [0.5, 0.6) is 0 Å². The Kier molecular flexibility index (Phi) is 4.73. The van der Waals surface area contributed by atoms with E-state index in [-0.39, 0.29) is 24.6 Å². The smallest absolute Gasteiger partial charge is 0.307 e. The molecule has 16 heavy (non-hydrogen) atoms. The molecule has 0 saturated carbocycles. The molecular formula is C11H19NO4. The summed E-state index contributed by atoms with van der Waals surface area (Å²) in [5.74, 6) is -0.189. The number of hydrogen-bond donors (Lipinski definition) is 0. The average Bonchev–Trinajstić information content (AvgIpc) is 3.05. The highest BCUT2D eigenvalue weighted by molar-refractivity contribution is 5.69. The third-order valence-corrected chi connectivity index (χ3v) is 2.34. The molecule has 5 heteroatoms. The Bertz CT molecular complexity index is 248. The van der Waals surface area contributed by atoms with Crippen molar-refractivity contribution in [1.82, 2.24) is 4.90 Å². The number of esters is 1. The van der Waals surface area contributed by atoms with E-state index in [1.807, 2.05) is 13.8 Å². The van der Waals surface area contributed by atoms with Crippen molar-refractivity contribution in [2.45, 2.75) is 20.3 Å². The van der Waals surface area contributed by atoms with Crippen LogP contribution in [0.3, 0.4) is 0 Å². The fourth-order valence-electron chi connectivity index (χ4n) is 1.19. The van der Waals surface area contributed by atoms with Crippen molar-refractivity contribution in [3.05, 3.63) is 0 Å². The highest BCUT2D eigenvalue weighted by atomic mass is 16.5. The summed E-state index contributed by atoms with van der Waals surface area (Å²) in [6, 6.07) is 0. The summed E-state index contributed by atoms with van der Waals surface area (Å²) in [7, 11) is 0. The minimum atomic E-state index is -0.323. The van der Waals surface area contributed by atoms with Crippen LogP contribution in [-0.2, 0) is 19.1 Å². The number of carbonyl (C=O) groups excluding carboxylic acids is 2. The van der Waals surface area contributed by atoms with E-state index < -0.39 is 0 Å². The topological polar surface area (TPSA) is 55.6 Å². The molecule has 5 nitrogen and oxygen atoms in total. The predicted octanol–water partition coefficient (Wildman–Crippen LogP) is 0.435. The van der Waals surface area contributed by atoms with Crippen LogP contribution in [0.25, 0.3) is 0 Å². The van der Waals surface area contributed by atoms with Crippen molar-refractivity contribution in [3.8, 4) is 0 Å². The van der Waals surface area contributed by atoms with Gasteiger partial charge in [0.25, 0.3) is 6.47 Å². The summed E-state index contributed by atoms with van der Waals surface area (Å²) in [4.78, 5) is 23.5. The maximum absolute atomic E-state index is 11.3. The summed E-state index contributed by atoms with van der Waals surface area (Å²) in [6.45, 7) is 7.67. The quantitative estimate of drug-likeness (QED) is 0.343. The van der Waals surface area contributed by atoms with Gasteiger partial charge >= 0.3 is 5.97 Å². The fraction of sp³-hybridized carbons (Fsp3) is 0.818. The van der Waals surface area contributed by atoms with Gasteiger partial charge in [-0.25, -0.2) is 0 Å². The van der Waals surface area contributed by atoms with E-state index in [0.29, 0.717) is 12.9 Å². The van der Waals surface area contributed by atoms with Gasteiger partial charge in [0.2, 0.25) is 0 Å².